The number of nitrogens with two attached hydrogens (primary N) is 2. The maximum Gasteiger partial charge on any atom is 0.200 e. The van der Waals surface area contributed by atoms with Crippen molar-refractivity contribution in [1.82, 2.24) is 0 Å². The van der Waals surface area contributed by atoms with Crippen LogP contribution in [0.4, 0.5) is 0 Å². The predicted octanol–water partition coefficient (Wildman–Crippen LogP) is 2.76. The molecule has 0 saturated heterocycles. The van der Waals surface area contributed by atoms with Crippen molar-refractivity contribution in [3.05, 3.63) is 71.8 Å². The first kappa shape index (κ1) is 17.1. The van der Waals surface area contributed by atoms with Crippen LogP contribution in [0.5, 0.6) is 0 Å². The molecule has 1 saturated carbocycles. The second-order valence-electron chi connectivity index (χ2n) is 6.69. The van der Waals surface area contributed by atoms with E-state index in [0.717, 1.165) is 6.42 Å². The molecular weight excluding hydrogens is 300 g/mol. The molecule has 4 nitrogen and oxygen atoms in total. The van der Waals surface area contributed by atoms with Gasteiger partial charge in [0, 0.05) is 26.1 Å². The van der Waals surface area contributed by atoms with Gasteiger partial charge in [0.1, 0.15) is 5.66 Å². The second-order valence-corrected chi connectivity index (χ2v) is 6.69. The molecule has 1 fully saturated rings. The molecule has 2 aromatic rings. The molecule has 0 unspecified atom stereocenters. The van der Waals surface area contributed by atoms with Gasteiger partial charge in [-0.1, -0.05) is 60.7 Å². The van der Waals surface area contributed by atoms with Crippen LogP contribution in [0.1, 0.15) is 30.4 Å². The van der Waals surface area contributed by atoms with E-state index >= 15 is 0 Å². The van der Waals surface area contributed by atoms with E-state index < -0.39 is 11.4 Å². The van der Waals surface area contributed by atoms with Crippen molar-refractivity contribution in [3.8, 4) is 0 Å². The molecule has 128 valence electrons. The smallest absolute Gasteiger partial charge is 0.200 e. The first-order chi connectivity index (χ1) is 11.5. The summed E-state index contributed by atoms with van der Waals surface area (Å²) >= 11 is 0. The fraction of sp³-hybridized carbons (Fsp3) is 0.400. The summed E-state index contributed by atoms with van der Waals surface area (Å²) in [5.74, 6) is -1.04. The van der Waals surface area contributed by atoms with Crippen LogP contribution < -0.4 is 11.5 Å². The van der Waals surface area contributed by atoms with Gasteiger partial charge in [-0.25, -0.2) is 0 Å². The Labute approximate surface area is 143 Å². The Bertz CT molecular complexity index is 627. The molecule has 0 radical (unpaired) electrons. The maximum atomic E-state index is 6.38. The van der Waals surface area contributed by atoms with Gasteiger partial charge in [0.15, 0.2) is 5.79 Å². The molecule has 4 heteroatoms. The van der Waals surface area contributed by atoms with Crippen molar-refractivity contribution in [3.63, 3.8) is 0 Å². The fourth-order valence-corrected chi connectivity index (χ4v) is 4.04. The van der Waals surface area contributed by atoms with E-state index in [1.54, 1.807) is 14.2 Å². The molecular formula is C20H26N2O2. The highest BCUT2D eigenvalue weighted by Gasteiger charge is 2.58. The van der Waals surface area contributed by atoms with Crippen LogP contribution in [0.3, 0.4) is 0 Å². The van der Waals surface area contributed by atoms with E-state index in [2.05, 4.69) is 48.5 Å². The van der Waals surface area contributed by atoms with Crippen LogP contribution in [-0.4, -0.2) is 25.7 Å². The molecule has 1 aliphatic rings. The van der Waals surface area contributed by atoms with Gasteiger partial charge in [-0.05, 0) is 24.0 Å². The Kier molecular flexibility index (Phi) is 4.49. The Morgan fingerprint density at radius 3 is 1.62 bits per heavy atom. The molecule has 0 heterocycles. The van der Waals surface area contributed by atoms with Crippen LogP contribution in [-0.2, 0) is 14.9 Å². The Morgan fingerprint density at radius 2 is 1.21 bits per heavy atom. The fourth-order valence-electron chi connectivity index (χ4n) is 4.04. The first-order valence-corrected chi connectivity index (χ1v) is 8.29. The first-order valence-electron chi connectivity index (χ1n) is 8.29. The standard InChI is InChI=1S/C20H26N2O2/c1-23-20(24-2)15-18(13-14-19(20,21)22,16-9-5-3-6-10-16)17-11-7-4-8-12-17/h3-12H,13-15,21-22H2,1-2H3. The largest absolute Gasteiger partial charge is 0.350 e. The number of methoxy groups -OCH3 is 2. The van der Waals surface area contributed by atoms with E-state index in [0.29, 0.717) is 12.8 Å². The average molecular weight is 326 g/mol. The topological polar surface area (TPSA) is 70.5 Å². The summed E-state index contributed by atoms with van der Waals surface area (Å²) in [4.78, 5) is 0. The molecule has 4 N–H and O–H groups in total. The Hall–Kier alpha value is -1.72. The SMILES string of the molecule is COC1(OC)CC(c2ccccc2)(c2ccccc2)CCC1(N)N. The van der Waals surface area contributed by atoms with Gasteiger partial charge in [0.25, 0.3) is 0 Å². The van der Waals surface area contributed by atoms with Crippen LogP contribution in [0.25, 0.3) is 0 Å². The highest BCUT2D eigenvalue weighted by molar-refractivity contribution is 5.41. The van der Waals surface area contributed by atoms with Gasteiger partial charge in [0.05, 0.1) is 0 Å². The van der Waals surface area contributed by atoms with Gasteiger partial charge >= 0.3 is 0 Å². The van der Waals surface area contributed by atoms with Crippen molar-refractivity contribution in [1.29, 1.82) is 0 Å². The quantitative estimate of drug-likeness (QED) is 0.848. The van der Waals surface area contributed by atoms with E-state index in [-0.39, 0.29) is 5.41 Å². The molecule has 0 aliphatic heterocycles. The number of benzene rings is 2. The summed E-state index contributed by atoms with van der Waals surface area (Å²) in [5.41, 5.74) is 13.9. The van der Waals surface area contributed by atoms with Gasteiger partial charge in [-0.2, -0.15) is 0 Å². The number of hydrogen-bond donors (Lipinski definition) is 2. The summed E-state index contributed by atoms with van der Waals surface area (Å²) in [5, 5.41) is 0. The summed E-state index contributed by atoms with van der Waals surface area (Å²) in [6.07, 6.45) is 2.00. The third-order valence-electron chi connectivity index (χ3n) is 5.52. The zero-order valence-corrected chi connectivity index (χ0v) is 14.4. The van der Waals surface area contributed by atoms with Crippen LogP contribution in [0.15, 0.2) is 60.7 Å². The highest BCUT2D eigenvalue weighted by atomic mass is 16.7. The zero-order chi connectivity index (χ0) is 17.3. The highest BCUT2D eigenvalue weighted by Crippen LogP contribution is 2.51. The lowest BCUT2D eigenvalue weighted by atomic mass is 9.60. The molecule has 0 bridgehead atoms. The van der Waals surface area contributed by atoms with Crippen molar-refractivity contribution in [2.75, 3.05) is 14.2 Å². The molecule has 0 atom stereocenters. The molecule has 1 aliphatic carbocycles. The molecule has 0 aromatic heterocycles. The van der Waals surface area contributed by atoms with Crippen LogP contribution in [0.2, 0.25) is 0 Å². The Morgan fingerprint density at radius 1 is 0.750 bits per heavy atom. The van der Waals surface area contributed by atoms with E-state index in [9.17, 15) is 0 Å². The lowest BCUT2D eigenvalue weighted by Gasteiger charge is -2.54. The average Bonchev–Trinajstić information content (AvgIpc) is 2.64. The summed E-state index contributed by atoms with van der Waals surface area (Å²) in [7, 11) is 3.23. The summed E-state index contributed by atoms with van der Waals surface area (Å²) in [6.45, 7) is 0. The van der Waals surface area contributed by atoms with E-state index in [1.165, 1.54) is 11.1 Å². The van der Waals surface area contributed by atoms with Crippen molar-refractivity contribution < 1.29 is 9.47 Å². The lowest BCUT2D eigenvalue weighted by molar-refractivity contribution is -0.269. The van der Waals surface area contributed by atoms with Crippen molar-refractivity contribution >= 4 is 0 Å². The minimum Gasteiger partial charge on any atom is -0.350 e. The minimum absolute atomic E-state index is 0.253. The lowest BCUT2D eigenvalue weighted by Crippen LogP contribution is -2.72. The molecule has 0 spiro atoms. The normalized spacial score (nSPS) is 21.3. The van der Waals surface area contributed by atoms with Gasteiger partial charge in [-0.3, -0.25) is 0 Å². The maximum absolute atomic E-state index is 6.38. The van der Waals surface area contributed by atoms with Crippen LogP contribution in [0, 0.1) is 0 Å². The van der Waals surface area contributed by atoms with Gasteiger partial charge < -0.3 is 20.9 Å². The summed E-state index contributed by atoms with van der Waals surface area (Å²) in [6, 6.07) is 20.9. The predicted molar refractivity (Wildman–Crippen MR) is 95.4 cm³/mol. The molecule has 0 amide bonds. The van der Waals surface area contributed by atoms with Gasteiger partial charge in [-0.15, -0.1) is 0 Å². The molecule has 2 aromatic carbocycles. The van der Waals surface area contributed by atoms with Gasteiger partial charge in [0.2, 0.25) is 0 Å². The van der Waals surface area contributed by atoms with E-state index in [4.69, 9.17) is 20.9 Å². The number of ether oxygens (including phenoxy) is 2. The number of hydrogen-bond acceptors (Lipinski definition) is 4. The van der Waals surface area contributed by atoms with E-state index in [1.807, 2.05) is 12.1 Å². The third kappa shape index (κ3) is 2.56. The third-order valence-corrected chi connectivity index (χ3v) is 5.52. The monoisotopic (exact) mass is 326 g/mol. The summed E-state index contributed by atoms with van der Waals surface area (Å²) < 4.78 is 11.5. The minimum atomic E-state index is -1.04. The van der Waals surface area contributed by atoms with Crippen LogP contribution >= 0.6 is 0 Å². The molecule has 3 rings (SSSR count). The Balaban J connectivity index is 2.17. The molecule has 24 heavy (non-hydrogen) atoms. The van der Waals surface area contributed by atoms with Crippen molar-refractivity contribution in [2.24, 2.45) is 11.5 Å². The second kappa shape index (κ2) is 6.30. The number of rotatable bonds is 4. The van der Waals surface area contributed by atoms with Crippen molar-refractivity contribution in [2.45, 2.75) is 36.1 Å². The zero-order valence-electron chi connectivity index (χ0n) is 14.4.